The lowest BCUT2D eigenvalue weighted by molar-refractivity contribution is 0.103. The zero-order valence-electron chi connectivity index (χ0n) is 12.5. The largest absolute Gasteiger partial charge is 0.289 e. The Bertz CT molecular complexity index is 751. The van der Waals surface area contributed by atoms with Gasteiger partial charge in [-0.3, -0.25) is 8.98 Å². The van der Waals surface area contributed by atoms with Crippen LogP contribution in [0.5, 0.6) is 0 Å². The van der Waals surface area contributed by atoms with Gasteiger partial charge in [0.15, 0.2) is 5.78 Å². The van der Waals surface area contributed by atoms with E-state index in [0.717, 1.165) is 11.8 Å². The molecule has 0 unspecified atom stereocenters. The van der Waals surface area contributed by atoms with Crippen LogP contribution < -0.4 is 0 Å². The Labute approximate surface area is 130 Å². The van der Waals surface area contributed by atoms with Crippen LogP contribution in [-0.4, -0.2) is 27.1 Å². The second-order valence-corrected chi connectivity index (χ2v) is 6.85. The maximum absolute atomic E-state index is 12.4. The SMILES string of the molecule is C[C@H](COS(C)(=O)=O)c1cccc(C(=O)c2ccccc2)c1. The quantitative estimate of drug-likeness (QED) is 0.607. The van der Waals surface area contributed by atoms with E-state index >= 15 is 0 Å². The van der Waals surface area contributed by atoms with Gasteiger partial charge < -0.3 is 0 Å². The summed E-state index contributed by atoms with van der Waals surface area (Å²) in [5.74, 6) is -0.183. The molecule has 4 nitrogen and oxygen atoms in total. The number of carbonyl (C=O) groups is 1. The third kappa shape index (κ3) is 4.51. The molecule has 116 valence electrons. The van der Waals surface area contributed by atoms with Gasteiger partial charge in [0.05, 0.1) is 12.9 Å². The summed E-state index contributed by atoms with van der Waals surface area (Å²) in [6.07, 6.45) is 1.02. The fraction of sp³-hybridized carbons (Fsp3) is 0.235. The number of ketones is 1. The van der Waals surface area contributed by atoms with E-state index in [9.17, 15) is 13.2 Å². The Morgan fingerprint density at radius 3 is 2.32 bits per heavy atom. The highest BCUT2D eigenvalue weighted by atomic mass is 32.2. The zero-order valence-corrected chi connectivity index (χ0v) is 13.3. The molecule has 0 bridgehead atoms. The molecule has 0 amide bonds. The minimum absolute atomic E-state index is 0.0568. The zero-order chi connectivity index (χ0) is 16.2. The number of hydrogen-bond acceptors (Lipinski definition) is 4. The molecule has 0 aliphatic rings. The predicted molar refractivity (Wildman–Crippen MR) is 85.5 cm³/mol. The summed E-state index contributed by atoms with van der Waals surface area (Å²) in [6, 6.07) is 16.2. The monoisotopic (exact) mass is 318 g/mol. The van der Waals surface area contributed by atoms with Crippen LogP contribution in [0.1, 0.15) is 34.3 Å². The highest BCUT2D eigenvalue weighted by molar-refractivity contribution is 7.85. The molecule has 0 aliphatic carbocycles. The molecule has 0 heterocycles. The Morgan fingerprint density at radius 2 is 1.68 bits per heavy atom. The average molecular weight is 318 g/mol. The van der Waals surface area contributed by atoms with Crippen molar-refractivity contribution < 1.29 is 17.4 Å². The first-order valence-corrected chi connectivity index (χ1v) is 8.72. The number of carbonyl (C=O) groups excluding carboxylic acids is 1. The summed E-state index contributed by atoms with van der Waals surface area (Å²) in [5.41, 5.74) is 2.07. The molecule has 0 fully saturated rings. The summed E-state index contributed by atoms with van der Waals surface area (Å²) in [7, 11) is -3.46. The first-order valence-electron chi connectivity index (χ1n) is 6.91. The number of hydrogen-bond donors (Lipinski definition) is 0. The van der Waals surface area contributed by atoms with E-state index in [-0.39, 0.29) is 18.3 Å². The molecule has 0 radical (unpaired) electrons. The average Bonchev–Trinajstić information content (AvgIpc) is 2.52. The highest BCUT2D eigenvalue weighted by Gasteiger charge is 2.13. The molecule has 2 aromatic carbocycles. The van der Waals surface area contributed by atoms with Crippen LogP contribution in [0.15, 0.2) is 54.6 Å². The van der Waals surface area contributed by atoms with Crippen molar-refractivity contribution in [1.29, 1.82) is 0 Å². The Morgan fingerprint density at radius 1 is 1.05 bits per heavy atom. The van der Waals surface area contributed by atoms with Crippen LogP contribution in [0.25, 0.3) is 0 Å². The van der Waals surface area contributed by atoms with Crippen molar-refractivity contribution in [2.24, 2.45) is 0 Å². The van der Waals surface area contributed by atoms with Gasteiger partial charge >= 0.3 is 0 Å². The Kier molecular flexibility index (Phi) is 5.11. The minimum atomic E-state index is -3.46. The molecular formula is C17H18O4S. The van der Waals surface area contributed by atoms with Crippen LogP contribution in [0, 0.1) is 0 Å². The van der Waals surface area contributed by atoms with Gasteiger partial charge in [-0.2, -0.15) is 8.42 Å². The molecule has 5 heteroatoms. The molecule has 22 heavy (non-hydrogen) atoms. The minimum Gasteiger partial charge on any atom is -0.289 e. The fourth-order valence-corrected chi connectivity index (χ4v) is 2.52. The van der Waals surface area contributed by atoms with Gasteiger partial charge in [-0.05, 0) is 11.6 Å². The lowest BCUT2D eigenvalue weighted by atomic mass is 9.96. The lowest BCUT2D eigenvalue weighted by Gasteiger charge is -2.12. The van der Waals surface area contributed by atoms with Gasteiger partial charge in [0.25, 0.3) is 10.1 Å². The fourth-order valence-electron chi connectivity index (χ4n) is 2.06. The summed E-state index contributed by atoms with van der Waals surface area (Å²) in [4.78, 5) is 12.4. The second kappa shape index (κ2) is 6.85. The summed E-state index contributed by atoms with van der Waals surface area (Å²) in [6.45, 7) is 1.92. The van der Waals surface area contributed by atoms with Crippen molar-refractivity contribution in [3.05, 3.63) is 71.3 Å². The Balaban J connectivity index is 2.18. The molecule has 1 atom stereocenters. The maximum Gasteiger partial charge on any atom is 0.264 e. The summed E-state index contributed by atoms with van der Waals surface area (Å²) in [5, 5.41) is 0. The van der Waals surface area contributed by atoms with Crippen LogP contribution in [0.3, 0.4) is 0 Å². The first kappa shape index (κ1) is 16.4. The smallest absolute Gasteiger partial charge is 0.264 e. The summed E-state index contributed by atoms with van der Waals surface area (Å²) >= 11 is 0. The number of benzene rings is 2. The van der Waals surface area contributed by atoms with Crippen molar-refractivity contribution in [2.75, 3.05) is 12.9 Å². The van der Waals surface area contributed by atoms with Crippen LogP contribution >= 0.6 is 0 Å². The van der Waals surface area contributed by atoms with Crippen LogP contribution in [0.2, 0.25) is 0 Å². The van der Waals surface area contributed by atoms with Gasteiger partial charge in [-0.1, -0.05) is 55.5 Å². The molecule has 2 aromatic rings. The van der Waals surface area contributed by atoms with Crippen LogP contribution in [-0.2, 0) is 14.3 Å². The van der Waals surface area contributed by atoms with Crippen LogP contribution in [0.4, 0.5) is 0 Å². The predicted octanol–water partition coefficient (Wildman–Crippen LogP) is 3.00. The molecule has 0 spiro atoms. The summed E-state index contributed by atoms with van der Waals surface area (Å²) < 4.78 is 26.9. The molecular weight excluding hydrogens is 300 g/mol. The van der Waals surface area contributed by atoms with Gasteiger partial charge in [0, 0.05) is 17.0 Å². The van der Waals surface area contributed by atoms with E-state index in [2.05, 4.69) is 0 Å². The van der Waals surface area contributed by atoms with E-state index in [1.54, 1.807) is 30.3 Å². The highest BCUT2D eigenvalue weighted by Crippen LogP contribution is 2.19. The molecule has 0 saturated carbocycles. The normalized spacial score (nSPS) is 12.8. The number of rotatable bonds is 6. The van der Waals surface area contributed by atoms with E-state index in [4.69, 9.17) is 4.18 Å². The van der Waals surface area contributed by atoms with Crippen molar-refractivity contribution in [2.45, 2.75) is 12.8 Å². The van der Waals surface area contributed by atoms with Gasteiger partial charge in [0.2, 0.25) is 0 Å². The second-order valence-electron chi connectivity index (χ2n) is 5.21. The molecule has 0 saturated heterocycles. The van der Waals surface area contributed by atoms with Gasteiger partial charge in [0.1, 0.15) is 0 Å². The van der Waals surface area contributed by atoms with E-state index < -0.39 is 10.1 Å². The third-order valence-corrected chi connectivity index (χ3v) is 3.85. The van der Waals surface area contributed by atoms with E-state index in [0.29, 0.717) is 11.1 Å². The topological polar surface area (TPSA) is 60.4 Å². The van der Waals surface area contributed by atoms with Gasteiger partial charge in [-0.15, -0.1) is 0 Å². The van der Waals surface area contributed by atoms with Crippen molar-refractivity contribution in [1.82, 2.24) is 0 Å². The molecule has 2 rings (SSSR count). The first-order chi connectivity index (χ1) is 10.4. The van der Waals surface area contributed by atoms with Crippen molar-refractivity contribution in [3.8, 4) is 0 Å². The van der Waals surface area contributed by atoms with E-state index in [1.807, 2.05) is 31.2 Å². The lowest BCUT2D eigenvalue weighted by Crippen LogP contribution is -2.10. The molecule has 0 N–H and O–H groups in total. The standard InChI is InChI=1S/C17H18O4S/c1-13(12-21-22(2,19)20)15-9-6-10-16(11-15)17(18)14-7-4-3-5-8-14/h3-11,13H,12H2,1-2H3/t13-/m1/s1. The molecule has 0 aliphatic heterocycles. The maximum atomic E-state index is 12.4. The Hall–Kier alpha value is -1.98. The molecule has 0 aromatic heterocycles. The third-order valence-electron chi connectivity index (χ3n) is 3.29. The van der Waals surface area contributed by atoms with Gasteiger partial charge in [-0.25, -0.2) is 0 Å². The van der Waals surface area contributed by atoms with E-state index in [1.165, 1.54) is 0 Å². The van der Waals surface area contributed by atoms with Crippen molar-refractivity contribution >= 4 is 15.9 Å². The van der Waals surface area contributed by atoms with Crippen molar-refractivity contribution in [3.63, 3.8) is 0 Å².